The van der Waals surface area contributed by atoms with E-state index in [1.807, 2.05) is 31.2 Å². The Kier molecular flexibility index (Phi) is 6.75. The van der Waals surface area contributed by atoms with Crippen LogP contribution in [0.4, 0.5) is 15.8 Å². The molecule has 0 fully saturated rings. The molecule has 0 heterocycles. The highest BCUT2D eigenvalue weighted by Crippen LogP contribution is 2.27. The van der Waals surface area contributed by atoms with Crippen LogP contribution in [0.1, 0.15) is 35.3 Å². The van der Waals surface area contributed by atoms with Gasteiger partial charge in [-0.1, -0.05) is 12.1 Å². The van der Waals surface area contributed by atoms with Crippen molar-refractivity contribution < 1.29 is 18.8 Å². The van der Waals surface area contributed by atoms with Gasteiger partial charge in [0, 0.05) is 29.8 Å². The Morgan fingerprint density at radius 2 is 1.67 bits per heavy atom. The van der Waals surface area contributed by atoms with Crippen molar-refractivity contribution >= 4 is 17.2 Å². The molecule has 7 heteroatoms. The quantitative estimate of drug-likeness (QED) is 0.285. The van der Waals surface area contributed by atoms with Gasteiger partial charge in [0.1, 0.15) is 11.6 Å². The minimum absolute atomic E-state index is 0.0246. The number of benzene rings is 3. The molecule has 1 N–H and O–H groups in total. The van der Waals surface area contributed by atoms with Gasteiger partial charge in [-0.2, -0.15) is 0 Å². The van der Waals surface area contributed by atoms with E-state index in [1.165, 1.54) is 36.4 Å². The van der Waals surface area contributed by atoms with E-state index in [2.05, 4.69) is 5.32 Å². The number of hydrogen-bond donors (Lipinski definition) is 1. The summed E-state index contributed by atoms with van der Waals surface area (Å²) in [5.41, 5.74) is 1.87. The normalized spacial score (nSPS) is 11.5. The van der Waals surface area contributed by atoms with Gasteiger partial charge < -0.3 is 10.1 Å². The van der Waals surface area contributed by atoms with E-state index in [1.54, 1.807) is 12.1 Å². The van der Waals surface area contributed by atoms with Gasteiger partial charge >= 0.3 is 0 Å². The number of anilines is 1. The van der Waals surface area contributed by atoms with Crippen LogP contribution in [0, 0.1) is 15.9 Å². The van der Waals surface area contributed by atoms with Crippen molar-refractivity contribution in [3.8, 4) is 5.75 Å². The first-order valence-electron chi connectivity index (χ1n) is 9.49. The minimum atomic E-state index is -0.470. The van der Waals surface area contributed by atoms with E-state index in [4.69, 9.17) is 4.74 Å². The second-order valence-corrected chi connectivity index (χ2v) is 6.64. The van der Waals surface area contributed by atoms with Crippen LogP contribution in [-0.4, -0.2) is 17.3 Å². The summed E-state index contributed by atoms with van der Waals surface area (Å²) in [6.07, 6.45) is 0.0939. The number of rotatable bonds is 9. The zero-order valence-corrected chi connectivity index (χ0v) is 16.4. The summed E-state index contributed by atoms with van der Waals surface area (Å²) in [5, 5.41) is 14.2. The number of ether oxygens (including phenoxy) is 1. The van der Waals surface area contributed by atoms with E-state index in [9.17, 15) is 19.3 Å². The predicted octanol–water partition coefficient (Wildman–Crippen LogP) is 5.56. The molecule has 0 saturated heterocycles. The maximum Gasteiger partial charge on any atom is 0.269 e. The van der Waals surface area contributed by atoms with Gasteiger partial charge in [0.15, 0.2) is 5.78 Å². The molecule has 0 aliphatic carbocycles. The third-order valence-corrected chi connectivity index (χ3v) is 4.57. The van der Waals surface area contributed by atoms with Crippen LogP contribution in [0.25, 0.3) is 0 Å². The smallest absolute Gasteiger partial charge is 0.269 e. The highest BCUT2D eigenvalue weighted by atomic mass is 19.1. The maximum absolute atomic E-state index is 13.2. The number of Topliss-reactive ketones (excluding diaryl/α,β-unsaturated/α-hetero) is 1. The average Bonchev–Trinajstić information content (AvgIpc) is 2.75. The highest BCUT2D eigenvalue weighted by molar-refractivity contribution is 5.96. The topological polar surface area (TPSA) is 81.5 Å². The fourth-order valence-corrected chi connectivity index (χ4v) is 3.03. The number of nitrogens with zero attached hydrogens (tertiary/aromatic N) is 1. The molecule has 154 valence electrons. The summed E-state index contributed by atoms with van der Waals surface area (Å²) in [6.45, 7) is 2.46. The number of halogens is 1. The lowest BCUT2D eigenvalue weighted by molar-refractivity contribution is -0.384. The Labute approximate surface area is 173 Å². The number of hydrogen-bond acceptors (Lipinski definition) is 5. The summed E-state index contributed by atoms with van der Waals surface area (Å²) in [6, 6.07) is 18.3. The van der Waals surface area contributed by atoms with Gasteiger partial charge in [-0.25, -0.2) is 4.39 Å². The van der Waals surface area contributed by atoms with Crippen molar-refractivity contribution in [2.45, 2.75) is 19.4 Å². The first-order chi connectivity index (χ1) is 14.5. The van der Waals surface area contributed by atoms with Crippen molar-refractivity contribution in [2.75, 3.05) is 11.9 Å². The second-order valence-electron chi connectivity index (χ2n) is 6.64. The molecule has 3 rings (SSSR count). The monoisotopic (exact) mass is 408 g/mol. The predicted molar refractivity (Wildman–Crippen MR) is 112 cm³/mol. The Morgan fingerprint density at radius 3 is 2.23 bits per heavy atom. The molecule has 30 heavy (non-hydrogen) atoms. The van der Waals surface area contributed by atoms with Gasteiger partial charge in [-0.05, 0) is 61.0 Å². The lowest BCUT2D eigenvalue weighted by Crippen LogP contribution is -2.16. The van der Waals surface area contributed by atoms with Crippen molar-refractivity contribution in [1.29, 1.82) is 0 Å². The zero-order chi connectivity index (χ0) is 21.5. The molecule has 1 unspecified atom stereocenters. The summed E-state index contributed by atoms with van der Waals surface area (Å²) in [5.74, 6) is 0.153. The number of non-ortho nitro benzene ring substituents is 1. The molecular formula is C23H21FN2O4. The van der Waals surface area contributed by atoms with E-state index < -0.39 is 16.8 Å². The average molecular weight is 408 g/mol. The van der Waals surface area contributed by atoms with E-state index in [-0.39, 0.29) is 17.9 Å². The fraction of sp³-hybridized carbons (Fsp3) is 0.174. The molecule has 0 spiro atoms. The van der Waals surface area contributed by atoms with Gasteiger partial charge in [-0.15, -0.1) is 0 Å². The largest absolute Gasteiger partial charge is 0.494 e. The molecule has 0 saturated carbocycles. The Morgan fingerprint density at radius 1 is 1.03 bits per heavy atom. The standard InChI is InChI=1S/C23H21FN2O4/c1-2-30-21-13-9-19(10-14-21)25-22(16-5-11-20(12-6-16)26(28)29)15-23(27)17-3-7-18(24)8-4-17/h3-14,22,25H,2,15H2,1H3. The Bertz CT molecular complexity index is 1000. The van der Waals surface area contributed by atoms with Crippen LogP contribution in [0.3, 0.4) is 0 Å². The van der Waals surface area contributed by atoms with E-state index in [0.717, 1.165) is 17.0 Å². The Hall–Kier alpha value is -3.74. The lowest BCUT2D eigenvalue weighted by Gasteiger charge is -2.20. The van der Waals surface area contributed by atoms with Gasteiger partial charge in [-0.3, -0.25) is 14.9 Å². The van der Waals surface area contributed by atoms with Crippen LogP contribution in [0.2, 0.25) is 0 Å². The first kappa shape index (κ1) is 21.0. The fourth-order valence-electron chi connectivity index (χ4n) is 3.03. The summed E-state index contributed by atoms with van der Waals surface area (Å²) in [4.78, 5) is 23.2. The van der Waals surface area contributed by atoms with Gasteiger partial charge in [0.25, 0.3) is 5.69 Å². The number of carbonyl (C=O) groups excluding carboxylic acids is 1. The Balaban J connectivity index is 1.84. The van der Waals surface area contributed by atoms with Crippen LogP contribution >= 0.6 is 0 Å². The molecule has 0 aromatic heterocycles. The van der Waals surface area contributed by atoms with Crippen molar-refractivity contribution in [2.24, 2.45) is 0 Å². The first-order valence-corrected chi connectivity index (χ1v) is 9.49. The maximum atomic E-state index is 13.2. The third kappa shape index (κ3) is 5.41. The van der Waals surface area contributed by atoms with Crippen LogP contribution < -0.4 is 10.1 Å². The zero-order valence-electron chi connectivity index (χ0n) is 16.4. The highest BCUT2D eigenvalue weighted by Gasteiger charge is 2.19. The van der Waals surface area contributed by atoms with Crippen molar-refractivity contribution in [1.82, 2.24) is 0 Å². The van der Waals surface area contributed by atoms with Crippen LogP contribution in [0.15, 0.2) is 72.8 Å². The van der Waals surface area contributed by atoms with Gasteiger partial charge in [0.05, 0.1) is 17.6 Å². The van der Waals surface area contributed by atoms with Crippen molar-refractivity contribution in [3.05, 3.63) is 99.9 Å². The molecular weight excluding hydrogens is 387 g/mol. The molecule has 3 aromatic rings. The SMILES string of the molecule is CCOc1ccc(NC(CC(=O)c2ccc(F)cc2)c2ccc([N+](=O)[O-])cc2)cc1. The summed E-state index contributed by atoms with van der Waals surface area (Å²) < 4.78 is 18.6. The summed E-state index contributed by atoms with van der Waals surface area (Å²) >= 11 is 0. The number of carbonyl (C=O) groups is 1. The van der Waals surface area contributed by atoms with Crippen LogP contribution in [0.5, 0.6) is 5.75 Å². The molecule has 3 aromatic carbocycles. The molecule has 6 nitrogen and oxygen atoms in total. The molecule has 0 aliphatic rings. The number of nitro benzene ring substituents is 1. The lowest BCUT2D eigenvalue weighted by atomic mass is 9.97. The van der Waals surface area contributed by atoms with Crippen LogP contribution in [-0.2, 0) is 0 Å². The molecule has 1 atom stereocenters. The van der Waals surface area contributed by atoms with Gasteiger partial charge in [0.2, 0.25) is 0 Å². The molecule has 0 radical (unpaired) electrons. The number of nitro groups is 1. The number of ketones is 1. The molecule has 0 bridgehead atoms. The third-order valence-electron chi connectivity index (χ3n) is 4.57. The number of nitrogens with one attached hydrogen (secondary N) is 1. The summed E-state index contributed by atoms with van der Waals surface area (Å²) in [7, 11) is 0. The van der Waals surface area contributed by atoms with E-state index >= 15 is 0 Å². The molecule has 0 amide bonds. The minimum Gasteiger partial charge on any atom is -0.494 e. The second kappa shape index (κ2) is 9.65. The van der Waals surface area contributed by atoms with Crippen molar-refractivity contribution in [3.63, 3.8) is 0 Å². The molecule has 0 aliphatic heterocycles. The van der Waals surface area contributed by atoms with E-state index in [0.29, 0.717) is 12.2 Å².